The minimum atomic E-state index is -0.323. The van der Waals surface area contributed by atoms with Crippen LogP contribution in [0.4, 0.5) is 0 Å². The van der Waals surface area contributed by atoms with Crippen molar-refractivity contribution in [2.24, 2.45) is 0 Å². The van der Waals surface area contributed by atoms with Gasteiger partial charge in [-0.15, -0.1) is 0 Å². The van der Waals surface area contributed by atoms with Gasteiger partial charge < -0.3 is 14.5 Å². The van der Waals surface area contributed by atoms with Crippen molar-refractivity contribution in [2.45, 2.75) is 6.61 Å². The molecule has 1 aromatic carbocycles. The van der Waals surface area contributed by atoms with Crippen LogP contribution in [0.25, 0.3) is 17.4 Å². The molecule has 0 saturated carbocycles. The third-order valence-corrected chi connectivity index (χ3v) is 3.81. The van der Waals surface area contributed by atoms with Gasteiger partial charge in [0.2, 0.25) is 0 Å². The molecule has 1 amide bonds. The molecule has 7 heteroatoms. The second kappa shape index (κ2) is 5.06. The lowest BCUT2D eigenvalue weighted by atomic mass is 10.0. The number of cyclic esters (lactones) is 1. The van der Waals surface area contributed by atoms with Crippen molar-refractivity contribution >= 4 is 35.3 Å². The Morgan fingerprint density at radius 2 is 2.00 bits per heavy atom. The first-order chi connectivity index (χ1) is 11.1. The van der Waals surface area contributed by atoms with Gasteiger partial charge in [0.1, 0.15) is 23.8 Å². The maximum Gasteiger partial charge on any atom is 0.338 e. The second-order valence-electron chi connectivity index (χ2n) is 5.12. The maximum atomic E-state index is 11.6. The summed E-state index contributed by atoms with van der Waals surface area (Å²) in [6.07, 6.45) is 1.57. The summed E-state index contributed by atoms with van der Waals surface area (Å²) in [5, 5.41) is 5.50. The molecule has 0 radical (unpaired) electrons. The van der Waals surface area contributed by atoms with E-state index in [4.69, 9.17) is 21.4 Å². The Labute approximate surface area is 136 Å². The van der Waals surface area contributed by atoms with Crippen LogP contribution in [0.1, 0.15) is 21.7 Å². The molecule has 0 spiro atoms. The molecule has 23 heavy (non-hydrogen) atoms. The number of ether oxygens (including phenoxy) is 1. The Hall–Kier alpha value is -2.93. The molecule has 0 atom stereocenters. The van der Waals surface area contributed by atoms with E-state index in [2.05, 4.69) is 10.6 Å². The second-order valence-corrected chi connectivity index (χ2v) is 5.52. The van der Waals surface area contributed by atoms with E-state index in [1.165, 1.54) is 0 Å². The topological polar surface area (TPSA) is 80.6 Å². The number of hydrogen-bond acceptors (Lipinski definition) is 5. The Balaban J connectivity index is 1.65. The molecule has 2 N–H and O–H groups in total. The van der Waals surface area contributed by atoms with Crippen molar-refractivity contribution < 1.29 is 18.7 Å². The van der Waals surface area contributed by atoms with E-state index in [1.807, 2.05) is 12.1 Å². The van der Waals surface area contributed by atoms with Gasteiger partial charge >= 0.3 is 5.97 Å². The van der Waals surface area contributed by atoms with Crippen LogP contribution >= 0.6 is 12.2 Å². The molecule has 2 aliphatic heterocycles. The van der Waals surface area contributed by atoms with Gasteiger partial charge in [-0.1, -0.05) is 12.1 Å². The van der Waals surface area contributed by atoms with E-state index in [0.29, 0.717) is 29.4 Å². The fraction of sp³-hybridized carbons (Fsp3) is 0.0625. The Morgan fingerprint density at radius 3 is 2.78 bits per heavy atom. The molecule has 0 bridgehead atoms. The molecule has 1 aromatic heterocycles. The highest BCUT2D eigenvalue weighted by molar-refractivity contribution is 7.80. The van der Waals surface area contributed by atoms with Crippen molar-refractivity contribution in [1.29, 1.82) is 0 Å². The number of esters is 1. The summed E-state index contributed by atoms with van der Waals surface area (Å²) in [6, 6.07) is 8.98. The Kier molecular flexibility index (Phi) is 3.02. The molecular weight excluding hydrogens is 316 g/mol. The molecule has 4 rings (SSSR count). The monoisotopic (exact) mass is 326 g/mol. The molecule has 6 nitrogen and oxygen atoms in total. The molecule has 114 valence electrons. The zero-order valence-electron chi connectivity index (χ0n) is 11.7. The number of carbonyl (C=O) groups excluding carboxylic acids is 2. The summed E-state index contributed by atoms with van der Waals surface area (Å²) in [5.41, 5.74) is 2.52. The third kappa shape index (κ3) is 2.40. The number of furan rings is 1. The van der Waals surface area contributed by atoms with Gasteiger partial charge in [0.15, 0.2) is 5.11 Å². The number of carbonyl (C=O) groups is 2. The predicted molar refractivity (Wildman–Crippen MR) is 85.1 cm³/mol. The normalized spacial score (nSPS) is 17.9. The minimum absolute atomic E-state index is 0.269. The molecule has 3 heterocycles. The minimum Gasteiger partial charge on any atom is -0.457 e. The summed E-state index contributed by atoms with van der Waals surface area (Å²) in [7, 11) is 0. The Morgan fingerprint density at radius 1 is 1.13 bits per heavy atom. The summed E-state index contributed by atoms with van der Waals surface area (Å²) < 4.78 is 10.7. The highest BCUT2D eigenvalue weighted by Crippen LogP contribution is 2.28. The van der Waals surface area contributed by atoms with E-state index in [-0.39, 0.29) is 17.0 Å². The van der Waals surface area contributed by atoms with Gasteiger partial charge in [-0.25, -0.2) is 4.79 Å². The predicted octanol–water partition coefficient (Wildman–Crippen LogP) is 1.96. The van der Waals surface area contributed by atoms with E-state index in [9.17, 15) is 9.59 Å². The van der Waals surface area contributed by atoms with Crippen LogP contribution < -0.4 is 10.6 Å². The Bertz CT molecular complexity index is 897. The number of thiocarbonyl (C=S) groups is 1. The number of nitrogens with one attached hydrogen (secondary N) is 2. The summed E-state index contributed by atoms with van der Waals surface area (Å²) >= 11 is 4.87. The average Bonchev–Trinajstić information content (AvgIpc) is 3.21. The number of rotatable bonds is 2. The van der Waals surface area contributed by atoms with Gasteiger partial charge in [-0.3, -0.25) is 10.1 Å². The summed E-state index contributed by atoms with van der Waals surface area (Å²) in [6.45, 7) is 0.310. The number of benzene rings is 1. The molecule has 2 aromatic rings. The van der Waals surface area contributed by atoms with Crippen LogP contribution in [0.2, 0.25) is 0 Å². The average molecular weight is 326 g/mol. The SMILES string of the molecule is O=C1NC(=S)N/C1=C/c1ccc(-c2ccc3c(c2)C(=O)OC3)o1. The zero-order chi connectivity index (χ0) is 16.0. The molecule has 1 fully saturated rings. The van der Waals surface area contributed by atoms with Gasteiger partial charge in [0.25, 0.3) is 5.91 Å². The zero-order valence-corrected chi connectivity index (χ0v) is 12.5. The van der Waals surface area contributed by atoms with E-state index in [1.54, 1.807) is 24.3 Å². The van der Waals surface area contributed by atoms with Crippen molar-refractivity contribution in [2.75, 3.05) is 0 Å². The fourth-order valence-electron chi connectivity index (χ4n) is 2.48. The van der Waals surface area contributed by atoms with E-state index < -0.39 is 0 Å². The van der Waals surface area contributed by atoms with Crippen LogP contribution in [0.5, 0.6) is 0 Å². The van der Waals surface area contributed by atoms with Gasteiger partial charge in [0.05, 0.1) is 5.56 Å². The third-order valence-electron chi connectivity index (χ3n) is 3.61. The molecule has 2 aliphatic rings. The molecular formula is C16H10N2O4S. The van der Waals surface area contributed by atoms with Gasteiger partial charge in [-0.2, -0.15) is 0 Å². The highest BCUT2D eigenvalue weighted by atomic mass is 32.1. The molecule has 0 aliphatic carbocycles. The molecule has 0 unspecified atom stereocenters. The maximum absolute atomic E-state index is 11.6. The standard InChI is InChI=1S/C16H10N2O4S/c19-14-12(17-16(23)18-14)6-10-3-4-13(22-10)8-1-2-9-7-21-15(20)11(9)5-8/h1-6H,7H2,(H2,17,18,19,23)/b12-6+. The lowest BCUT2D eigenvalue weighted by Crippen LogP contribution is -2.21. The van der Waals surface area contributed by atoms with Crippen LogP contribution in [-0.2, 0) is 16.1 Å². The van der Waals surface area contributed by atoms with E-state index in [0.717, 1.165) is 11.1 Å². The lowest BCUT2D eigenvalue weighted by molar-refractivity contribution is -0.115. The number of amides is 1. The summed E-state index contributed by atoms with van der Waals surface area (Å²) in [5.74, 6) is 0.482. The van der Waals surface area contributed by atoms with Crippen LogP contribution in [0, 0.1) is 0 Å². The number of hydrogen-bond donors (Lipinski definition) is 2. The summed E-state index contributed by atoms with van der Waals surface area (Å²) in [4.78, 5) is 23.2. The highest BCUT2D eigenvalue weighted by Gasteiger charge is 2.23. The van der Waals surface area contributed by atoms with Crippen LogP contribution in [0.15, 0.2) is 40.4 Å². The van der Waals surface area contributed by atoms with Crippen molar-refractivity contribution in [3.63, 3.8) is 0 Å². The van der Waals surface area contributed by atoms with Crippen molar-refractivity contribution in [3.8, 4) is 11.3 Å². The quantitative estimate of drug-likeness (QED) is 0.499. The first-order valence-corrected chi connectivity index (χ1v) is 7.25. The van der Waals surface area contributed by atoms with Crippen molar-refractivity contribution in [3.05, 3.63) is 52.9 Å². The smallest absolute Gasteiger partial charge is 0.338 e. The first kappa shape index (κ1) is 13.7. The van der Waals surface area contributed by atoms with Crippen LogP contribution in [0.3, 0.4) is 0 Å². The van der Waals surface area contributed by atoms with Gasteiger partial charge in [0, 0.05) is 17.2 Å². The fourth-order valence-corrected chi connectivity index (χ4v) is 2.68. The van der Waals surface area contributed by atoms with Crippen molar-refractivity contribution in [1.82, 2.24) is 10.6 Å². The number of fused-ring (bicyclic) bond motifs is 1. The van der Waals surface area contributed by atoms with Gasteiger partial charge in [-0.05, 0) is 30.4 Å². The largest absolute Gasteiger partial charge is 0.457 e. The molecule has 1 saturated heterocycles. The lowest BCUT2D eigenvalue weighted by Gasteiger charge is -1.99. The first-order valence-electron chi connectivity index (χ1n) is 6.84. The van der Waals surface area contributed by atoms with E-state index >= 15 is 0 Å². The van der Waals surface area contributed by atoms with Crippen LogP contribution in [-0.4, -0.2) is 17.0 Å².